The summed E-state index contributed by atoms with van der Waals surface area (Å²) in [5.41, 5.74) is -0.318. The lowest BCUT2D eigenvalue weighted by Crippen LogP contribution is -2.41. The number of β-amino-alcohol motifs (C(OH)–C–C–N with tert-alkyl or cyclic N) is 1. The second-order valence-corrected chi connectivity index (χ2v) is 5.50. The Hall–Kier alpha value is -1.89. The van der Waals surface area contributed by atoms with Gasteiger partial charge in [0.05, 0.1) is 6.10 Å². The molecule has 1 aromatic heterocycles. The topological polar surface area (TPSA) is 95.7 Å². The Morgan fingerprint density at radius 2 is 2.25 bits per heavy atom. The molecule has 7 heteroatoms. The molecule has 2 unspecified atom stereocenters. The molecule has 1 fully saturated rings. The zero-order valence-electron chi connectivity index (χ0n) is 11.6. The molecule has 2 N–H and O–H groups in total. The first kappa shape index (κ1) is 14.5. The number of aliphatic carboxylic acids is 1. The predicted molar refractivity (Wildman–Crippen MR) is 72.7 cm³/mol. The minimum Gasteiger partial charge on any atom is -0.480 e. The van der Waals surface area contributed by atoms with E-state index >= 15 is 0 Å². The van der Waals surface area contributed by atoms with Gasteiger partial charge in [-0.2, -0.15) is 0 Å². The molecule has 0 aromatic carbocycles. The number of hydrogen-bond acceptors (Lipinski definition) is 5. The van der Waals surface area contributed by atoms with Crippen molar-refractivity contribution in [2.75, 3.05) is 11.4 Å². The number of carboxylic acids is 1. The van der Waals surface area contributed by atoms with Gasteiger partial charge in [0.15, 0.2) is 5.82 Å². The summed E-state index contributed by atoms with van der Waals surface area (Å²) in [5, 5.41) is 18.8. The summed E-state index contributed by atoms with van der Waals surface area (Å²) in [6, 6.07) is -0.903. The lowest BCUT2D eigenvalue weighted by molar-refractivity contribution is -0.138. The molecule has 2 atom stereocenters. The zero-order chi connectivity index (χ0) is 14.9. The zero-order valence-corrected chi connectivity index (χ0v) is 11.6. The lowest BCUT2D eigenvalue weighted by Gasteiger charge is -2.22. The van der Waals surface area contributed by atoms with Crippen LogP contribution in [0.5, 0.6) is 0 Å². The van der Waals surface area contributed by atoms with Crippen molar-refractivity contribution < 1.29 is 15.0 Å². The van der Waals surface area contributed by atoms with Crippen LogP contribution in [-0.4, -0.2) is 44.4 Å². The molecule has 20 heavy (non-hydrogen) atoms. The number of anilines is 1. The maximum Gasteiger partial charge on any atom is 0.326 e. The predicted octanol–water partition coefficient (Wildman–Crippen LogP) is -0.0765. The number of aromatic nitrogens is 2. The molecular formula is C13H19N3O4. The fourth-order valence-electron chi connectivity index (χ4n) is 2.45. The van der Waals surface area contributed by atoms with Gasteiger partial charge in [0, 0.05) is 31.9 Å². The third kappa shape index (κ3) is 2.82. The fourth-order valence-corrected chi connectivity index (χ4v) is 2.45. The summed E-state index contributed by atoms with van der Waals surface area (Å²) in [5.74, 6) is -0.665. The second kappa shape index (κ2) is 5.62. The summed E-state index contributed by atoms with van der Waals surface area (Å²) in [4.78, 5) is 29.0. The molecule has 2 heterocycles. The van der Waals surface area contributed by atoms with E-state index in [1.54, 1.807) is 6.20 Å². The van der Waals surface area contributed by atoms with Crippen LogP contribution in [0.3, 0.4) is 0 Å². The average Bonchev–Trinajstić information content (AvgIpc) is 2.73. The van der Waals surface area contributed by atoms with Crippen LogP contribution >= 0.6 is 0 Å². The Morgan fingerprint density at radius 3 is 2.85 bits per heavy atom. The quantitative estimate of drug-likeness (QED) is 0.801. The Morgan fingerprint density at radius 1 is 1.55 bits per heavy atom. The summed E-state index contributed by atoms with van der Waals surface area (Å²) < 4.78 is 1.52. The van der Waals surface area contributed by atoms with Gasteiger partial charge in [-0.1, -0.05) is 13.8 Å². The first-order valence-electron chi connectivity index (χ1n) is 6.63. The Bertz CT molecular complexity index is 555. The molecule has 0 saturated carbocycles. The molecule has 110 valence electrons. The highest BCUT2D eigenvalue weighted by molar-refractivity contribution is 5.78. The first-order valence-corrected chi connectivity index (χ1v) is 6.63. The molecule has 1 aromatic rings. The molecule has 0 radical (unpaired) electrons. The third-order valence-electron chi connectivity index (χ3n) is 3.29. The molecule has 1 aliphatic heterocycles. The van der Waals surface area contributed by atoms with Gasteiger partial charge in [0.1, 0.15) is 6.04 Å². The lowest BCUT2D eigenvalue weighted by atomic mass is 10.2. The van der Waals surface area contributed by atoms with Gasteiger partial charge in [0.2, 0.25) is 0 Å². The number of carboxylic acid groups (broad SMARTS) is 1. The third-order valence-corrected chi connectivity index (χ3v) is 3.29. The molecule has 1 aliphatic rings. The number of nitrogens with zero attached hydrogens (tertiary/aromatic N) is 3. The van der Waals surface area contributed by atoms with E-state index in [9.17, 15) is 19.8 Å². The number of aliphatic hydroxyl groups excluding tert-OH is 1. The van der Waals surface area contributed by atoms with Crippen LogP contribution in [0.1, 0.15) is 20.3 Å². The molecule has 1 saturated heterocycles. The van der Waals surface area contributed by atoms with E-state index < -0.39 is 18.1 Å². The average molecular weight is 281 g/mol. The highest BCUT2D eigenvalue weighted by Gasteiger charge is 2.38. The number of carbonyl (C=O) groups is 1. The van der Waals surface area contributed by atoms with Gasteiger partial charge in [-0.25, -0.2) is 9.78 Å². The van der Waals surface area contributed by atoms with Crippen molar-refractivity contribution in [1.82, 2.24) is 9.55 Å². The molecule has 0 amide bonds. The Balaban J connectivity index is 2.37. The van der Waals surface area contributed by atoms with Crippen molar-refractivity contribution in [3.63, 3.8) is 0 Å². The largest absolute Gasteiger partial charge is 0.480 e. The number of rotatable bonds is 4. The van der Waals surface area contributed by atoms with Crippen molar-refractivity contribution in [2.45, 2.75) is 39.0 Å². The number of aliphatic hydroxyl groups is 1. The van der Waals surface area contributed by atoms with Crippen LogP contribution < -0.4 is 10.5 Å². The first-order chi connectivity index (χ1) is 9.40. The van der Waals surface area contributed by atoms with Gasteiger partial charge >= 0.3 is 5.97 Å². The monoisotopic (exact) mass is 281 g/mol. The normalized spacial score (nSPS) is 22.5. The van der Waals surface area contributed by atoms with Gasteiger partial charge in [-0.3, -0.25) is 4.79 Å². The van der Waals surface area contributed by atoms with Gasteiger partial charge in [-0.15, -0.1) is 0 Å². The van der Waals surface area contributed by atoms with Crippen molar-refractivity contribution in [1.29, 1.82) is 0 Å². The van der Waals surface area contributed by atoms with E-state index in [4.69, 9.17) is 0 Å². The molecule has 7 nitrogen and oxygen atoms in total. The Kier molecular flexibility index (Phi) is 4.08. The van der Waals surface area contributed by atoms with Crippen molar-refractivity contribution in [3.05, 3.63) is 22.7 Å². The molecule has 0 spiro atoms. The maximum absolute atomic E-state index is 12.4. The van der Waals surface area contributed by atoms with Crippen LogP contribution in [-0.2, 0) is 11.3 Å². The van der Waals surface area contributed by atoms with Crippen molar-refractivity contribution in [2.24, 2.45) is 5.92 Å². The minimum atomic E-state index is -1.05. The second-order valence-electron chi connectivity index (χ2n) is 5.50. The smallest absolute Gasteiger partial charge is 0.326 e. The summed E-state index contributed by atoms with van der Waals surface area (Å²) in [6.45, 7) is 4.64. The van der Waals surface area contributed by atoms with Crippen molar-refractivity contribution in [3.8, 4) is 0 Å². The molecule has 0 aliphatic carbocycles. The van der Waals surface area contributed by atoms with E-state index in [1.807, 2.05) is 13.8 Å². The Labute approximate surface area is 116 Å². The van der Waals surface area contributed by atoms with E-state index in [0.717, 1.165) is 0 Å². The molecular weight excluding hydrogens is 262 g/mol. The standard InChI is InChI=1S/C13H19N3O4/c1-8(2)6-15-4-3-14-11(12(15)18)16-7-9(17)5-10(16)13(19)20/h3-4,8-10,17H,5-7H2,1-2H3,(H,19,20). The van der Waals surface area contributed by atoms with Crippen LogP contribution in [0.25, 0.3) is 0 Å². The van der Waals surface area contributed by atoms with Crippen molar-refractivity contribution >= 4 is 11.8 Å². The van der Waals surface area contributed by atoms with E-state index in [0.29, 0.717) is 12.5 Å². The SMILES string of the molecule is CC(C)Cn1ccnc(N2CC(O)CC2C(=O)O)c1=O. The van der Waals surface area contributed by atoms with E-state index in [1.165, 1.54) is 15.7 Å². The highest BCUT2D eigenvalue weighted by Crippen LogP contribution is 2.21. The van der Waals surface area contributed by atoms with E-state index in [2.05, 4.69) is 4.98 Å². The van der Waals surface area contributed by atoms with Gasteiger partial charge in [-0.05, 0) is 5.92 Å². The maximum atomic E-state index is 12.4. The van der Waals surface area contributed by atoms with Gasteiger partial charge in [0.25, 0.3) is 5.56 Å². The van der Waals surface area contributed by atoms with E-state index in [-0.39, 0.29) is 24.3 Å². The molecule has 2 rings (SSSR count). The fraction of sp³-hybridized carbons (Fsp3) is 0.615. The van der Waals surface area contributed by atoms with Crippen LogP contribution in [0.2, 0.25) is 0 Å². The molecule has 0 bridgehead atoms. The summed E-state index contributed by atoms with van der Waals surface area (Å²) in [7, 11) is 0. The van der Waals surface area contributed by atoms with Gasteiger partial charge < -0.3 is 19.7 Å². The number of hydrogen-bond donors (Lipinski definition) is 2. The van der Waals surface area contributed by atoms with Crippen LogP contribution in [0.15, 0.2) is 17.2 Å². The minimum absolute atomic E-state index is 0.0945. The van der Waals surface area contributed by atoms with Crippen LogP contribution in [0, 0.1) is 5.92 Å². The summed E-state index contributed by atoms with van der Waals surface area (Å²) >= 11 is 0. The summed E-state index contributed by atoms with van der Waals surface area (Å²) in [6.07, 6.45) is 2.43. The van der Waals surface area contributed by atoms with Crippen LogP contribution in [0.4, 0.5) is 5.82 Å². The highest BCUT2D eigenvalue weighted by atomic mass is 16.4.